The Balaban J connectivity index is 1.93. The average molecular weight is 464 g/mol. The minimum Gasteiger partial charge on any atom is -0.497 e. The number of aromatic nitrogens is 2. The molecule has 1 heterocycles. The summed E-state index contributed by atoms with van der Waals surface area (Å²) < 4.78 is 18.8. The molecule has 0 saturated heterocycles. The van der Waals surface area contributed by atoms with E-state index in [0.29, 0.717) is 30.5 Å². The van der Waals surface area contributed by atoms with Gasteiger partial charge in [-0.15, -0.1) is 6.42 Å². The normalized spacial score (nSPS) is 11.9. The Hall–Kier alpha value is -3.31. The maximum Gasteiger partial charge on any atom is 0.222 e. The van der Waals surface area contributed by atoms with Gasteiger partial charge in [0.25, 0.3) is 0 Å². The van der Waals surface area contributed by atoms with Crippen LogP contribution in [-0.2, 0) is 18.3 Å². The SMILES string of the molecule is C#CCOC[C@H](O)CN(CCC)Cc1c(-c2ccccc2)nn(C)c1Oc1cccc(OC)c1. The molecule has 0 saturated carbocycles. The highest BCUT2D eigenvalue weighted by molar-refractivity contribution is 5.65. The van der Waals surface area contributed by atoms with E-state index in [-0.39, 0.29) is 13.2 Å². The number of nitrogens with zero attached hydrogens (tertiary/aromatic N) is 3. The summed E-state index contributed by atoms with van der Waals surface area (Å²) in [6.07, 6.45) is 5.52. The largest absolute Gasteiger partial charge is 0.497 e. The van der Waals surface area contributed by atoms with Gasteiger partial charge in [0.05, 0.1) is 25.4 Å². The fraction of sp³-hybridized carbons (Fsp3) is 0.370. The molecular weight excluding hydrogens is 430 g/mol. The van der Waals surface area contributed by atoms with Crippen LogP contribution in [-0.4, -0.2) is 59.3 Å². The van der Waals surface area contributed by atoms with Crippen molar-refractivity contribution in [1.82, 2.24) is 14.7 Å². The van der Waals surface area contributed by atoms with Crippen LogP contribution in [0.1, 0.15) is 18.9 Å². The van der Waals surface area contributed by atoms with Crippen LogP contribution in [0.25, 0.3) is 11.3 Å². The van der Waals surface area contributed by atoms with Crippen LogP contribution in [0.5, 0.6) is 17.4 Å². The number of hydrogen-bond acceptors (Lipinski definition) is 6. The van der Waals surface area contributed by atoms with Crippen LogP contribution in [0, 0.1) is 12.3 Å². The fourth-order valence-electron chi connectivity index (χ4n) is 3.81. The van der Waals surface area contributed by atoms with Gasteiger partial charge in [0.15, 0.2) is 0 Å². The summed E-state index contributed by atoms with van der Waals surface area (Å²) in [6, 6.07) is 17.5. The molecule has 3 aromatic rings. The van der Waals surface area contributed by atoms with Crippen LogP contribution >= 0.6 is 0 Å². The van der Waals surface area contributed by atoms with Gasteiger partial charge in [-0.25, -0.2) is 4.68 Å². The Morgan fingerprint density at radius 3 is 2.62 bits per heavy atom. The summed E-state index contributed by atoms with van der Waals surface area (Å²) in [5.74, 6) is 4.44. The summed E-state index contributed by atoms with van der Waals surface area (Å²) in [6.45, 7) is 4.29. The van der Waals surface area contributed by atoms with Crippen molar-refractivity contribution in [2.24, 2.45) is 7.05 Å². The zero-order valence-electron chi connectivity index (χ0n) is 20.1. The minimum absolute atomic E-state index is 0.185. The number of aliphatic hydroxyl groups excluding tert-OH is 1. The Kier molecular flexibility index (Phi) is 9.53. The number of aryl methyl sites for hydroxylation is 1. The number of aliphatic hydroxyl groups is 1. The number of rotatable bonds is 13. The average Bonchev–Trinajstić information content (AvgIpc) is 3.15. The first-order valence-electron chi connectivity index (χ1n) is 11.4. The second-order valence-electron chi connectivity index (χ2n) is 8.01. The molecular formula is C27H33N3O4. The number of methoxy groups -OCH3 is 1. The number of terminal acetylenes is 1. The van der Waals surface area contributed by atoms with Crippen molar-refractivity contribution < 1.29 is 19.3 Å². The van der Waals surface area contributed by atoms with E-state index in [4.69, 9.17) is 25.7 Å². The molecule has 3 rings (SSSR count). The number of benzene rings is 2. The molecule has 0 aliphatic carbocycles. The number of ether oxygens (including phenoxy) is 3. The van der Waals surface area contributed by atoms with Gasteiger partial charge in [0.2, 0.25) is 5.88 Å². The highest BCUT2D eigenvalue weighted by Gasteiger charge is 2.23. The molecule has 180 valence electrons. The van der Waals surface area contributed by atoms with Gasteiger partial charge >= 0.3 is 0 Å². The predicted molar refractivity (Wildman–Crippen MR) is 133 cm³/mol. The molecule has 2 aromatic carbocycles. The zero-order valence-corrected chi connectivity index (χ0v) is 20.1. The maximum atomic E-state index is 10.5. The van der Waals surface area contributed by atoms with Gasteiger partial charge in [-0.3, -0.25) is 4.90 Å². The van der Waals surface area contributed by atoms with Crippen LogP contribution < -0.4 is 9.47 Å². The lowest BCUT2D eigenvalue weighted by atomic mass is 10.1. The fourth-order valence-corrected chi connectivity index (χ4v) is 3.81. The third-order valence-corrected chi connectivity index (χ3v) is 5.28. The highest BCUT2D eigenvalue weighted by Crippen LogP contribution is 2.35. The summed E-state index contributed by atoms with van der Waals surface area (Å²) in [7, 11) is 3.50. The summed E-state index contributed by atoms with van der Waals surface area (Å²) in [5, 5.41) is 15.3. The molecule has 0 radical (unpaired) electrons. The molecule has 7 nitrogen and oxygen atoms in total. The lowest BCUT2D eigenvalue weighted by Gasteiger charge is -2.25. The third kappa shape index (κ3) is 6.84. The molecule has 0 spiro atoms. The van der Waals surface area contributed by atoms with Gasteiger partial charge in [-0.2, -0.15) is 5.10 Å². The first-order chi connectivity index (χ1) is 16.5. The summed E-state index contributed by atoms with van der Waals surface area (Å²) >= 11 is 0. The van der Waals surface area contributed by atoms with Crippen molar-refractivity contribution in [1.29, 1.82) is 0 Å². The molecule has 7 heteroatoms. The van der Waals surface area contributed by atoms with Gasteiger partial charge in [-0.1, -0.05) is 49.2 Å². The van der Waals surface area contributed by atoms with Crippen molar-refractivity contribution in [3.05, 3.63) is 60.2 Å². The molecule has 34 heavy (non-hydrogen) atoms. The Morgan fingerprint density at radius 1 is 1.15 bits per heavy atom. The van der Waals surface area contributed by atoms with Gasteiger partial charge < -0.3 is 19.3 Å². The Labute approximate surface area is 201 Å². The summed E-state index contributed by atoms with van der Waals surface area (Å²) in [4.78, 5) is 2.19. The number of hydrogen-bond donors (Lipinski definition) is 1. The summed E-state index contributed by atoms with van der Waals surface area (Å²) in [5.41, 5.74) is 2.80. The van der Waals surface area contributed by atoms with Crippen molar-refractivity contribution >= 4 is 0 Å². The van der Waals surface area contributed by atoms with Crippen LogP contribution in [0.15, 0.2) is 54.6 Å². The molecule has 1 N–H and O–H groups in total. The van der Waals surface area contributed by atoms with Gasteiger partial charge in [0.1, 0.15) is 23.8 Å². The van der Waals surface area contributed by atoms with Crippen LogP contribution in [0.2, 0.25) is 0 Å². The Morgan fingerprint density at radius 2 is 1.91 bits per heavy atom. The Bertz CT molecular complexity index is 1080. The molecule has 1 aromatic heterocycles. The van der Waals surface area contributed by atoms with E-state index in [1.165, 1.54) is 0 Å². The van der Waals surface area contributed by atoms with Crippen LogP contribution in [0.4, 0.5) is 0 Å². The molecule has 0 unspecified atom stereocenters. The second kappa shape index (κ2) is 12.8. The quantitative estimate of drug-likeness (QED) is 0.304. The molecule has 1 atom stereocenters. The third-order valence-electron chi connectivity index (χ3n) is 5.28. The van der Waals surface area contributed by atoms with Crippen molar-refractivity contribution in [3.8, 4) is 41.0 Å². The minimum atomic E-state index is -0.653. The molecule has 0 aliphatic rings. The van der Waals surface area contributed by atoms with Gasteiger partial charge in [0, 0.05) is 31.8 Å². The van der Waals surface area contributed by atoms with E-state index in [9.17, 15) is 5.11 Å². The van der Waals surface area contributed by atoms with E-state index >= 15 is 0 Å². The lowest BCUT2D eigenvalue weighted by molar-refractivity contribution is 0.0260. The first kappa shape index (κ1) is 25.3. The van der Waals surface area contributed by atoms with E-state index < -0.39 is 6.10 Å². The second-order valence-corrected chi connectivity index (χ2v) is 8.01. The van der Waals surface area contributed by atoms with E-state index in [1.54, 1.807) is 11.8 Å². The van der Waals surface area contributed by atoms with Crippen LogP contribution in [0.3, 0.4) is 0 Å². The smallest absolute Gasteiger partial charge is 0.222 e. The zero-order chi connectivity index (χ0) is 24.3. The molecule has 0 bridgehead atoms. The van der Waals surface area contributed by atoms with Crippen molar-refractivity contribution in [3.63, 3.8) is 0 Å². The van der Waals surface area contributed by atoms with Crippen molar-refractivity contribution in [2.75, 3.05) is 33.4 Å². The predicted octanol–water partition coefficient (Wildman–Crippen LogP) is 4.11. The molecule has 0 aliphatic heterocycles. The topological polar surface area (TPSA) is 69.0 Å². The van der Waals surface area contributed by atoms with Crippen molar-refractivity contribution in [2.45, 2.75) is 26.0 Å². The lowest BCUT2D eigenvalue weighted by Crippen LogP contribution is -2.35. The standard InChI is InChI=1S/C27H33N3O4/c1-5-15-30(18-22(31)20-33-16-6-2)19-25-26(21-11-8-7-9-12-21)28-29(3)27(25)34-24-14-10-13-23(17-24)32-4/h2,7-14,17,22,31H,5,15-16,18-20H2,1,3-4H3/t22-/m1/s1. The molecule has 0 fully saturated rings. The highest BCUT2D eigenvalue weighted by atomic mass is 16.5. The van der Waals surface area contributed by atoms with E-state index in [1.807, 2.05) is 61.6 Å². The first-order valence-corrected chi connectivity index (χ1v) is 11.4. The monoisotopic (exact) mass is 463 g/mol. The van der Waals surface area contributed by atoms with Gasteiger partial charge in [-0.05, 0) is 25.1 Å². The van der Waals surface area contributed by atoms with E-state index in [2.05, 4.69) is 17.7 Å². The molecule has 0 amide bonds. The van der Waals surface area contributed by atoms with E-state index in [0.717, 1.165) is 29.8 Å². The maximum absolute atomic E-state index is 10.5.